The smallest absolute Gasteiger partial charge is 0.378 e. The summed E-state index contributed by atoms with van der Waals surface area (Å²) in [5, 5.41) is 0. The number of carbonyl (C=O) groups is 1. The molecule has 0 heterocycles. The number of hydrogen-bond acceptors (Lipinski definition) is 2. The molecule has 0 aliphatic rings. The molecule has 0 aromatic rings. The molecule has 0 spiro atoms. The van der Waals surface area contributed by atoms with Gasteiger partial charge >= 0.3 is 14.0 Å². The zero-order valence-corrected chi connectivity index (χ0v) is 4.10. The van der Waals surface area contributed by atoms with Crippen LogP contribution in [0.25, 0.3) is 0 Å². The van der Waals surface area contributed by atoms with Gasteiger partial charge in [0.1, 0.15) is 0 Å². The van der Waals surface area contributed by atoms with Crippen molar-refractivity contribution in [2.75, 3.05) is 0 Å². The third-order valence-electron chi connectivity index (χ3n) is 0.455. The molecule has 0 bridgehead atoms. The summed E-state index contributed by atoms with van der Waals surface area (Å²) in [6.45, 7) is 4.79. The second kappa shape index (κ2) is 2.45. The summed E-state index contributed by atoms with van der Waals surface area (Å²) in [7, 11) is 4.46. The maximum Gasteiger partial charge on any atom is 0.378 e. The van der Waals surface area contributed by atoms with E-state index in [0.717, 1.165) is 0 Å². The van der Waals surface area contributed by atoms with Crippen LogP contribution in [0.4, 0.5) is 0 Å². The van der Waals surface area contributed by atoms with Crippen molar-refractivity contribution >= 4 is 14.0 Å². The maximum atomic E-state index is 10.1. The Morgan fingerprint density at radius 1 is 1.86 bits per heavy atom. The molecule has 0 rings (SSSR count). The molecule has 3 heteroatoms. The summed E-state index contributed by atoms with van der Waals surface area (Å²) in [6.07, 6.45) is 0. The van der Waals surface area contributed by atoms with Crippen LogP contribution in [0, 0.1) is 0 Å². The van der Waals surface area contributed by atoms with Crippen LogP contribution in [0.15, 0.2) is 12.2 Å². The van der Waals surface area contributed by atoms with E-state index in [2.05, 4.69) is 19.3 Å². The summed E-state index contributed by atoms with van der Waals surface area (Å²) in [4.78, 5) is 10.1. The Morgan fingerprint density at radius 3 is 2.29 bits per heavy atom. The highest BCUT2D eigenvalue weighted by atomic mass is 16.5. The minimum atomic E-state index is -0.569. The number of hydrogen-bond donors (Lipinski definition) is 0. The fraction of sp³-hybridized carbons (Fsp3) is 0.250. The Hall–Kier alpha value is -0.725. The predicted octanol–water partition coefficient (Wildman–Crippen LogP) is 0.189. The van der Waals surface area contributed by atoms with Gasteiger partial charge in [0.15, 0.2) is 0 Å². The summed E-state index contributed by atoms with van der Waals surface area (Å²) in [5.74, 6) is -0.569. The van der Waals surface area contributed by atoms with Crippen molar-refractivity contribution in [2.24, 2.45) is 0 Å². The SMILES string of the molecule is [B]OC(=O)C(=C)C. The maximum absolute atomic E-state index is 10.1. The van der Waals surface area contributed by atoms with Crippen LogP contribution in [-0.4, -0.2) is 14.0 Å². The Balaban J connectivity index is 3.58. The summed E-state index contributed by atoms with van der Waals surface area (Å²) >= 11 is 0. The third-order valence-corrected chi connectivity index (χ3v) is 0.455. The average Bonchev–Trinajstić information content (AvgIpc) is 1.65. The van der Waals surface area contributed by atoms with Gasteiger partial charge in [-0.3, -0.25) is 0 Å². The van der Waals surface area contributed by atoms with E-state index in [1.54, 1.807) is 0 Å². The molecule has 0 atom stereocenters. The fourth-order valence-corrected chi connectivity index (χ4v) is 0.101. The van der Waals surface area contributed by atoms with Crippen molar-refractivity contribution < 1.29 is 9.45 Å². The van der Waals surface area contributed by atoms with Crippen LogP contribution >= 0.6 is 0 Å². The van der Waals surface area contributed by atoms with E-state index in [0.29, 0.717) is 5.57 Å². The third kappa shape index (κ3) is 2.03. The summed E-state index contributed by atoms with van der Waals surface area (Å²) < 4.78 is 3.77. The first-order valence-corrected chi connectivity index (χ1v) is 1.75. The van der Waals surface area contributed by atoms with Crippen molar-refractivity contribution in [2.45, 2.75) is 6.92 Å². The van der Waals surface area contributed by atoms with Crippen LogP contribution in [0.1, 0.15) is 6.92 Å². The van der Waals surface area contributed by atoms with E-state index in [-0.39, 0.29) is 0 Å². The van der Waals surface area contributed by atoms with Crippen LogP contribution in [0.2, 0.25) is 0 Å². The molecule has 0 aliphatic heterocycles. The monoisotopic (exact) mass is 96.0 g/mol. The van der Waals surface area contributed by atoms with Crippen molar-refractivity contribution in [3.63, 3.8) is 0 Å². The van der Waals surface area contributed by atoms with E-state index in [4.69, 9.17) is 0 Å². The lowest BCUT2D eigenvalue weighted by atomic mass is 10.3. The van der Waals surface area contributed by atoms with Crippen molar-refractivity contribution in [1.29, 1.82) is 0 Å². The molecule has 0 aromatic heterocycles. The summed E-state index contributed by atoms with van der Waals surface area (Å²) in [6, 6.07) is 0. The first kappa shape index (κ1) is 6.27. The van der Waals surface area contributed by atoms with E-state index in [1.165, 1.54) is 6.92 Å². The molecule has 0 aromatic carbocycles. The molecule has 0 amide bonds. The molecule has 0 saturated carbocycles. The largest absolute Gasteiger partial charge is 0.540 e. The molecule has 0 unspecified atom stereocenters. The van der Waals surface area contributed by atoms with E-state index in [1.807, 2.05) is 0 Å². The van der Waals surface area contributed by atoms with Gasteiger partial charge in [-0.25, -0.2) is 4.79 Å². The Kier molecular flexibility index (Phi) is 2.19. The standard InChI is InChI=1S/C4H5BO2/c1-3(2)4(6)7-5/h1H2,2H3. The van der Waals surface area contributed by atoms with E-state index < -0.39 is 5.97 Å². The molecule has 0 saturated heterocycles. The van der Waals surface area contributed by atoms with E-state index >= 15 is 0 Å². The normalized spacial score (nSPS) is 7.57. The Labute approximate surface area is 43.6 Å². The lowest BCUT2D eigenvalue weighted by Crippen LogP contribution is -2.00. The quantitative estimate of drug-likeness (QED) is 0.344. The lowest BCUT2D eigenvalue weighted by Gasteiger charge is -1.92. The molecule has 2 nitrogen and oxygen atoms in total. The van der Waals surface area contributed by atoms with E-state index in [9.17, 15) is 4.79 Å². The van der Waals surface area contributed by atoms with Gasteiger partial charge in [0.05, 0.1) is 0 Å². The van der Waals surface area contributed by atoms with Crippen LogP contribution in [-0.2, 0) is 9.45 Å². The van der Waals surface area contributed by atoms with Gasteiger partial charge in [-0.2, -0.15) is 0 Å². The van der Waals surface area contributed by atoms with Crippen molar-refractivity contribution in [1.82, 2.24) is 0 Å². The lowest BCUT2D eigenvalue weighted by molar-refractivity contribution is -0.129. The molecule has 36 valence electrons. The second-order valence-electron chi connectivity index (χ2n) is 1.19. The Bertz CT molecular complexity index is 97.9. The second-order valence-corrected chi connectivity index (χ2v) is 1.19. The van der Waals surface area contributed by atoms with Gasteiger partial charge in [0.2, 0.25) is 0 Å². The van der Waals surface area contributed by atoms with Gasteiger partial charge in [0, 0.05) is 5.57 Å². The van der Waals surface area contributed by atoms with Gasteiger partial charge in [-0.1, -0.05) is 6.58 Å². The average molecular weight is 95.9 g/mol. The topological polar surface area (TPSA) is 26.3 Å². The van der Waals surface area contributed by atoms with Gasteiger partial charge in [-0.05, 0) is 6.92 Å². The van der Waals surface area contributed by atoms with Crippen molar-refractivity contribution in [3.05, 3.63) is 12.2 Å². The van der Waals surface area contributed by atoms with Crippen LogP contribution in [0.5, 0.6) is 0 Å². The molecule has 0 fully saturated rings. The van der Waals surface area contributed by atoms with Crippen LogP contribution in [0.3, 0.4) is 0 Å². The van der Waals surface area contributed by atoms with Crippen molar-refractivity contribution in [3.8, 4) is 0 Å². The molecule has 0 N–H and O–H groups in total. The molecule has 7 heavy (non-hydrogen) atoms. The van der Waals surface area contributed by atoms with Gasteiger partial charge in [-0.15, -0.1) is 0 Å². The first-order chi connectivity index (χ1) is 3.18. The molecule has 0 aliphatic carbocycles. The van der Waals surface area contributed by atoms with Crippen LogP contribution < -0.4 is 0 Å². The molecular formula is C4H5BO2. The summed E-state index contributed by atoms with van der Waals surface area (Å²) in [5.41, 5.74) is 0.308. The zero-order chi connectivity index (χ0) is 5.86. The highest BCUT2D eigenvalue weighted by Gasteiger charge is 1.95. The molecule has 2 radical (unpaired) electrons. The minimum absolute atomic E-state index is 0.308. The van der Waals surface area contributed by atoms with Gasteiger partial charge in [0.25, 0.3) is 0 Å². The highest BCUT2D eigenvalue weighted by Crippen LogP contribution is 1.86. The number of carbonyl (C=O) groups excluding carboxylic acids is 1. The Morgan fingerprint density at radius 2 is 2.29 bits per heavy atom. The predicted molar refractivity (Wildman–Crippen MR) is 26.7 cm³/mol. The zero-order valence-electron chi connectivity index (χ0n) is 4.10. The fourth-order valence-electron chi connectivity index (χ4n) is 0.101. The van der Waals surface area contributed by atoms with Gasteiger partial charge < -0.3 is 4.65 Å². The first-order valence-electron chi connectivity index (χ1n) is 1.75. The minimum Gasteiger partial charge on any atom is -0.540 e. The molecular weight excluding hydrogens is 90.9 g/mol. The number of rotatable bonds is 1. The highest BCUT2D eigenvalue weighted by molar-refractivity contribution is 6.08.